The van der Waals surface area contributed by atoms with Gasteiger partial charge in [0.05, 0.1) is 18.3 Å². The van der Waals surface area contributed by atoms with E-state index in [1.54, 1.807) is 0 Å². The first-order valence-corrected chi connectivity index (χ1v) is 6.00. The molecule has 3 N–H and O–H groups in total. The maximum Gasteiger partial charge on any atom is 0.265 e. The van der Waals surface area contributed by atoms with Crippen LogP contribution in [0.15, 0.2) is 6.20 Å². The Bertz CT molecular complexity index is 396. The molecule has 1 aliphatic heterocycles. The lowest BCUT2D eigenvalue weighted by Gasteiger charge is -2.45. The summed E-state index contributed by atoms with van der Waals surface area (Å²) in [6, 6.07) is -0.0561. The molecule has 2 heterocycles. The van der Waals surface area contributed by atoms with E-state index in [-0.39, 0.29) is 24.1 Å². The van der Waals surface area contributed by atoms with Gasteiger partial charge >= 0.3 is 0 Å². The maximum atomic E-state index is 11.8. The fourth-order valence-electron chi connectivity index (χ4n) is 2.42. The largest absolute Gasteiger partial charge is 0.376 e. The first kappa shape index (κ1) is 10.1. The van der Waals surface area contributed by atoms with E-state index in [1.807, 2.05) is 0 Å². The molecule has 1 aromatic heterocycles. The molecule has 1 saturated carbocycles. The Morgan fingerprint density at radius 2 is 2.56 bits per heavy atom. The maximum absolute atomic E-state index is 11.8. The minimum atomic E-state index is -0.163. The van der Waals surface area contributed by atoms with Crippen molar-refractivity contribution < 1.29 is 9.53 Å². The van der Waals surface area contributed by atoms with Crippen molar-refractivity contribution in [3.05, 3.63) is 11.1 Å². The number of carbonyl (C=O) groups excluding carboxylic acids is 1. The first-order valence-electron chi connectivity index (χ1n) is 5.23. The van der Waals surface area contributed by atoms with Gasteiger partial charge in [0.25, 0.3) is 5.91 Å². The molecule has 6 nitrogen and oxygen atoms in total. The van der Waals surface area contributed by atoms with Gasteiger partial charge in [0, 0.05) is 18.6 Å². The van der Waals surface area contributed by atoms with E-state index >= 15 is 0 Å². The van der Waals surface area contributed by atoms with E-state index in [1.165, 1.54) is 6.20 Å². The molecule has 16 heavy (non-hydrogen) atoms. The number of nitrogens with two attached hydrogens (primary N) is 1. The fourth-order valence-corrected chi connectivity index (χ4v) is 2.84. The predicted octanol–water partition coefficient (Wildman–Crippen LogP) is -0.618. The Balaban J connectivity index is 1.65. The monoisotopic (exact) mass is 240 g/mol. The van der Waals surface area contributed by atoms with Crippen molar-refractivity contribution in [1.82, 2.24) is 14.9 Å². The normalized spacial score (nSPS) is 36.6. The summed E-state index contributed by atoms with van der Waals surface area (Å²) in [4.78, 5) is 12.3. The van der Waals surface area contributed by atoms with Crippen LogP contribution in [0.1, 0.15) is 16.1 Å². The zero-order valence-electron chi connectivity index (χ0n) is 8.50. The van der Waals surface area contributed by atoms with Gasteiger partial charge in [0.15, 0.2) is 0 Å². The summed E-state index contributed by atoms with van der Waals surface area (Å²) in [5, 5.41) is 6.51. The molecule has 1 aliphatic carbocycles. The highest BCUT2D eigenvalue weighted by atomic mass is 32.1. The van der Waals surface area contributed by atoms with Gasteiger partial charge in [0.2, 0.25) is 0 Å². The van der Waals surface area contributed by atoms with Gasteiger partial charge in [-0.2, -0.15) is 0 Å². The van der Waals surface area contributed by atoms with Crippen molar-refractivity contribution in [1.29, 1.82) is 0 Å². The van der Waals surface area contributed by atoms with Gasteiger partial charge in [-0.15, -0.1) is 5.10 Å². The molecular formula is C9H12N4O2S. The number of ether oxygens (including phenoxy) is 1. The number of aromatic nitrogens is 2. The first-order chi connectivity index (χ1) is 7.77. The zero-order chi connectivity index (χ0) is 11.1. The summed E-state index contributed by atoms with van der Waals surface area (Å²) in [6.07, 6.45) is 2.55. The van der Waals surface area contributed by atoms with Gasteiger partial charge in [-0.1, -0.05) is 4.49 Å². The number of carbonyl (C=O) groups is 1. The molecule has 0 radical (unpaired) electrons. The van der Waals surface area contributed by atoms with Crippen molar-refractivity contribution in [2.45, 2.75) is 24.6 Å². The molecule has 86 valence electrons. The minimum absolute atomic E-state index is 0.0114. The Morgan fingerprint density at radius 1 is 1.69 bits per heavy atom. The van der Waals surface area contributed by atoms with Crippen LogP contribution in [-0.4, -0.2) is 40.3 Å². The molecule has 4 unspecified atom stereocenters. The Morgan fingerprint density at radius 3 is 3.31 bits per heavy atom. The van der Waals surface area contributed by atoms with Crippen molar-refractivity contribution in [2.75, 3.05) is 6.61 Å². The minimum Gasteiger partial charge on any atom is -0.376 e. The number of hydrogen-bond acceptors (Lipinski definition) is 6. The molecule has 1 saturated heterocycles. The van der Waals surface area contributed by atoms with Gasteiger partial charge in [0.1, 0.15) is 4.88 Å². The third-order valence-electron chi connectivity index (χ3n) is 3.33. The highest BCUT2D eigenvalue weighted by molar-refractivity contribution is 7.07. The smallest absolute Gasteiger partial charge is 0.265 e. The molecule has 3 rings (SSSR count). The summed E-state index contributed by atoms with van der Waals surface area (Å²) in [5.74, 6) is 0.245. The quantitative estimate of drug-likeness (QED) is 0.719. The lowest BCUT2D eigenvalue weighted by atomic mass is 9.72. The van der Waals surface area contributed by atoms with Gasteiger partial charge in [-0.3, -0.25) is 4.79 Å². The Kier molecular flexibility index (Phi) is 2.38. The molecular weight excluding hydrogens is 228 g/mol. The second-order valence-electron chi connectivity index (χ2n) is 4.15. The standard InChI is InChI=1S/C9H12N4O2S/c10-6-4-1-2-15-8(4)7(6)12-9(14)5-3-11-13-16-5/h3-4,6-8H,1-2,10H2,(H,12,14). The molecule has 2 fully saturated rings. The van der Waals surface area contributed by atoms with Crippen LogP contribution in [0.2, 0.25) is 0 Å². The van der Waals surface area contributed by atoms with E-state index < -0.39 is 0 Å². The van der Waals surface area contributed by atoms with E-state index in [0.717, 1.165) is 24.6 Å². The molecule has 1 aromatic rings. The third-order valence-corrected chi connectivity index (χ3v) is 3.99. The van der Waals surface area contributed by atoms with Crippen LogP contribution in [0.25, 0.3) is 0 Å². The summed E-state index contributed by atoms with van der Waals surface area (Å²) in [6.45, 7) is 0.748. The van der Waals surface area contributed by atoms with E-state index in [0.29, 0.717) is 10.8 Å². The second-order valence-corrected chi connectivity index (χ2v) is 4.93. The number of nitrogens with zero attached hydrogens (tertiary/aromatic N) is 2. The van der Waals surface area contributed by atoms with Crippen LogP contribution in [0.5, 0.6) is 0 Å². The topological polar surface area (TPSA) is 90.1 Å². The second kappa shape index (κ2) is 3.76. The summed E-state index contributed by atoms with van der Waals surface area (Å²) in [7, 11) is 0. The highest BCUT2D eigenvalue weighted by Gasteiger charge is 2.52. The van der Waals surface area contributed by atoms with Gasteiger partial charge in [-0.25, -0.2) is 0 Å². The average Bonchev–Trinajstić information content (AvgIpc) is 2.94. The van der Waals surface area contributed by atoms with Crippen molar-refractivity contribution in [3.8, 4) is 0 Å². The van der Waals surface area contributed by atoms with E-state index in [4.69, 9.17) is 10.5 Å². The molecule has 0 spiro atoms. The number of nitrogens with one attached hydrogen (secondary N) is 1. The lowest BCUT2D eigenvalue weighted by molar-refractivity contribution is -0.0160. The average molecular weight is 240 g/mol. The van der Waals surface area contributed by atoms with Crippen LogP contribution < -0.4 is 11.1 Å². The number of rotatable bonds is 2. The highest BCUT2D eigenvalue weighted by Crippen LogP contribution is 2.37. The number of amides is 1. The summed E-state index contributed by atoms with van der Waals surface area (Å²) in [5.41, 5.74) is 5.99. The van der Waals surface area contributed by atoms with Crippen molar-refractivity contribution in [2.24, 2.45) is 11.7 Å². The molecule has 0 bridgehead atoms. The molecule has 4 atom stereocenters. The molecule has 2 aliphatic rings. The van der Waals surface area contributed by atoms with Gasteiger partial charge < -0.3 is 15.8 Å². The lowest BCUT2D eigenvalue weighted by Crippen LogP contribution is -2.68. The third kappa shape index (κ3) is 1.43. The SMILES string of the molecule is NC1C2CCOC2C1NC(=O)c1cnns1. The van der Waals surface area contributed by atoms with E-state index in [2.05, 4.69) is 14.9 Å². The number of fused-ring (bicyclic) bond motifs is 1. The van der Waals surface area contributed by atoms with Crippen LogP contribution >= 0.6 is 11.5 Å². The molecule has 7 heteroatoms. The summed E-state index contributed by atoms with van der Waals surface area (Å²) < 4.78 is 9.18. The zero-order valence-corrected chi connectivity index (χ0v) is 9.31. The van der Waals surface area contributed by atoms with Gasteiger partial charge in [-0.05, 0) is 18.0 Å². The van der Waals surface area contributed by atoms with Crippen LogP contribution in [-0.2, 0) is 4.74 Å². The van der Waals surface area contributed by atoms with Crippen LogP contribution in [0.4, 0.5) is 0 Å². The molecule has 0 aromatic carbocycles. The van der Waals surface area contributed by atoms with Crippen molar-refractivity contribution in [3.63, 3.8) is 0 Å². The van der Waals surface area contributed by atoms with Crippen molar-refractivity contribution >= 4 is 17.4 Å². The van der Waals surface area contributed by atoms with Crippen LogP contribution in [0, 0.1) is 5.92 Å². The number of hydrogen-bond donors (Lipinski definition) is 2. The van der Waals surface area contributed by atoms with Crippen LogP contribution in [0.3, 0.4) is 0 Å². The molecule has 1 amide bonds. The Labute approximate surface area is 96.3 Å². The Hall–Kier alpha value is -1.05. The fraction of sp³-hybridized carbons (Fsp3) is 0.667. The predicted molar refractivity (Wildman–Crippen MR) is 57.0 cm³/mol. The van der Waals surface area contributed by atoms with E-state index in [9.17, 15) is 4.79 Å². The summed E-state index contributed by atoms with van der Waals surface area (Å²) >= 11 is 1.08.